The van der Waals surface area contributed by atoms with E-state index in [0.717, 1.165) is 10.0 Å². The van der Waals surface area contributed by atoms with E-state index in [4.69, 9.17) is 5.11 Å². The lowest BCUT2D eigenvalue weighted by atomic mass is 10.1. The van der Waals surface area contributed by atoms with Gasteiger partial charge in [0.05, 0.1) is 11.3 Å². The molecule has 0 radical (unpaired) electrons. The second-order valence-electron chi connectivity index (χ2n) is 4.29. The van der Waals surface area contributed by atoms with Gasteiger partial charge < -0.3 is 15.7 Å². The fraction of sp³-hybridized carbons (Fsp3) is 0.0667. The summed E-state index contributed by atoms with van der Waals surface area (Å²) in [5, 5.41) is 14.2. The first-order valence-electron chi connectivity index (χ1n) is 6.18. The normalized spacial score (nSPS) is 9.95. The van der Waals surface area contributed by atoms with Crippen LogP contribution in [-0.2, 0) is 6.54 Å². The smallest absolute Gasteiger partial charge is 0.335 e. The van der Waals surface area contributed by atoms with E-state index in [1.54, 1.807) is 18.2 Å². The predicted molar refractivity (Wildman–Crippen MR) is 83.4 cm³/mol. The predicted octanol–water partition coefficient (Wildman–Crippen LogP) is 3.47. The summed E-state index contributed by atoms with van der Waals surface area (Å²) in [6, 6.07) is 13.3. The largest absolute Gasteiger partial charge is 0.478 e. The second kappa shape index (κ2) is 6.90. The monoisotopic (exact) mass is 348 g/mol. The molecule has 2 aromatic rings. The van der Waals surface area contributed by atoms with Gasteiger partial charge in [-0.25, -0.2) is 9.59 Å². The molecule has 0 fully saturated rings. The molecule has 0 aromatic heterocycles. The summed E-state index contributed by atoms with van der Waals surface area (Å²) >= 11 is 3.34. The number of hydrogen-bond acceptors (Lipinski definition) is 2. The van der Waals surface area contributed by atoms with Crippen molar-refractivity contribution in [1.82, 2.24) is 5.32 Å². The maximum Gasteiger partial charge on any atom is 0.335 e. The summed E-state index contributed by atoms with van der Waals surface area (Å²) in [5.74, 6) is -0.971. The Labute approximate surface area is 130 Å². The van der Waals surface area contributed by atoms with Gasteiger partial charge in [0, 0.05) is 11.0 Å². The van der Waals surface area contributed by atoms with Crippen LogP contribution in [0.4, 0.5) is 10.5 Å². The third-order valence-electron chi connectivity index (χ3n) is 2.78. The van der Waals surface area contributed by atoms with Crippen LogP contribution in [0.3, 0.4) is 0 Å². The second-order valence-corrected chi connectivity index (χ2v) is 5.14. The first-order valence-corrected chi connectivity index (χ1v) is 6.97. The van der Waals surface area contributed by atoms with Gasteiger partial charge in [0.1, 0.15) is 0 Å². The van der Waals surface area contributed by atoms with Crippen molar-refractivity contribution in [1.29, 1.82) is 0 Å². The van der Waals surface area contributed by atoms with Crippen LogP contribution in [-0.4, -0.2) is 17.1 Å². The van der Waals surface area contributed by atoms with Crippen molar-refractivity contribution >= 4 is 33.6 Å². The molecule has 0 aliphatic rings. The van der Waals surface area contributed by atoms with E-state index >= 15 is 0 Å². The minimum atomic E-state index is -0.971. The Morgan fingerprint density at radius 3 is 2.33 bits per heavy atom. The molecule has 2 aromatic carbocycles. The number of para-hydroxylation sites is 1. The molecule has 108 valence electrons. The number of rotatable bonds is 4. The van der Waals surface area contributed by atoms with E-state index in [1.807, 2.05) is 18.2 Å². The number of urea groups is 1. The number of carboxylic acids is 1. The van der Waals surface area contributed by atoms with Gasteiger partial charge in [-0.05, 0) is 45.8 Å². The highest BCUT2D eigenvalue weighted by atomic mass is 79.9. The van der Waals surface area contributed by atoms with Crippen molar-refractivity contribution in [2.45, 2.75) is 6.54 Å². The molecule has 2 amide bonds. The number of amides is 2. The fourth-order valence-electron chi connectivity index (χ4n) is 1.68. The average Bonchev–Trinajstić information content (AvgIpc) is 2.48. The molecular formula is C15H13BrN2O3. The zero-order chi connectivity index (χ0) is 15.2. The fourth-order valence-corrected chi connectivity index (χ4v) is 2.06. The summed E-state index contributed by atoms with van der Waals surface area (Å²) < 4.78 is 0.797. The first-order chi connectivity index (χ1) is 10.1. The van der Waals surface area contributed by atoms with Crippen molar-refractivity contribution in [2.24, 2.45) is 0 Å². The SMILES string of the molecule is O=C(NCc1ccc(C(=O)O)cc1)Nc1ccccc1Br. The summed E-state index contributed by atoms with van der Waals surface area (Å²) in [4.78, 5) is 22.5. The van der Waals surface area contributed by atoms with Crippen LogP contribution in [0.25, 0.3) is 0 Å². The van der Waals surface area contributed by atoms with Gasteiger partial charge in [-0.1, -0.05) is 24.3 Å². The number of hydrogen-bond donors (Lipinski definition) is 3. The lowest BCUT2D eigenvalue weighted by Crippen LogP contribution is -2.28. The van der Waals surface area contributed by atoms with Gasteiger partial charge in [-0.3, -0.25) is 0 Å². The van der Waals surface area contributed by atoms with Crippen LogP contribution in [0.15, 0.2) is 53.0 Å². The lowest BCUT2D eigenvalue weighted by molar-refractivity contribution is 0.0697. The zero-order valence-corrected chi connectivity index (χ0v) is 12.6. The van der Waals surface area contributed by atoms with E-state index in [1.165, 1.54) is 12.1 Å². The summed E-state index contributed by atoms with van der Waals surface area (Å²) in [6.07, 6.45) is 0. The van der Waals surface area contributed by atoms with Crippen LogP contribution in [0.1, 0.15) is 15.9 Å². The molecule has 0 unspecified atom stereocenters. The molecule has 21 heavy (non-hydrogen) atoms. The summed E-state index contributed by atoms with van der Waals surface area (Å²) in [7, 11) is 0. The van der Waals surface area contributed by atoms with E-state index in [9.17, 15) is 9.59 Å². The van der Waals surface area contributed by atoms with Gasteiger partial charge in [0.15, 0.2) is 0 Å². The first kappa shape index (κ1) is 15.1. The number of halogens is 1. The third kappa shape index (κ3) is 4.32. The highest BCUT2D eigenvalue weighted by Gasteiger charge is 2.05. The molecule has 0 spiro atoms. The standard InChI is InChI=1S/C15H13BrN2O3/c16-12-3-1-2-4-13(12)18-15(21)17-9-10-5-7-11(8-6-10)14(19)20/h1-8H,9H2,(H,19,20)(H2,17,18,21). The van der Waals surface area contributed by atoms with Crippen LogP contribution in [0, 0.1) is 0 Å². The van der Waals surface area contributed by atoms with Crippen molar-refractivity contribution in [2.75, 3.05) is 5.32 Å². The molecule has 0 atom stereocenters. The number of aromatic carboxylic acids is 1. The zero-order valence-electron chi connectivity index (χ0n) is 11.0. The van der Waals surface area contributed by atoms with Crippen LogP contribution in [0.2, 0.25) is 0 Å². The molecule has 5 nitrogen and oxygen atoms in total. The molecule has 0 bridgehead atoms. The number of carboxylic acid groups (broad SMARTS) is 1. The number of benzene rings is 2. The molecule has 2 rings (SSSR count). The Morgan fingerprint density at radius 1 is 1.05 bits per heavy atom. The quantitative estimate of drug-likeness (QED) is 0.791. The van der Waals surface area contributed by atoms with Crippen molar-refractivity contribution in [3.63, 3.8) is 0 Å². The molecule has 0 aliphatic carbocycles. The molecule has 3 N–H and O–H groups in total. The summed E-state index contributed by atoms with van der Waals surface area (Å²) in [6.45, 7) is 0.316. The van der Waals surface area contributed by atoms with E-state index < -0.39 is 5.97 Å². The maximum absolute atomic E-state index is 11.8. The number of carbonyl (C=O) groups is 2. The van der Waals surface area contributed by atoms with Crippen LogP contribution >= 0.6 is 15.9 Å². The summed E-state index contributed by atoms with van der Waals surface area (Å²) in [5.41, 5.74) is 1.72. The molecule has 0 saturated carbocycles. The Bertz CT molecular complexity index is 656. The van der Waals surface area contributed by atoms with Crippen molar-refractivity contribution in [3.05, 3.63) is 64.1 Å². The number of nitrogens with one attached hydrogen (secondary N) is 2. The topological polar surface area (TPSA) is 78.4 Å². The molecule has 0 aliphatic heterocycles. The van der Waals surface area contributed by atoms with E-state index in [0.29, 0.717) is 12.2 Å². The van der Waals surface area contributed by atoms with Gasteiger partial charge in [0.2, 0.25) is 0 Å². The highest BCUT2D eigenvalue weighted by Crippen LogP contribution is 2.20. The molecule has 6 heteroatoms. The average molecular weight is 349 g/mol. The Morgan fingerprint density at radius 2 is 1.71 bits per heavy atom. The molecule has 0 heterocycles. The maximum atomic E-state index is 11.8. The van der Waals surface area contributed by atoms with Crippen LogP contribution in [0.5, 0.6) is 0 Å². The number of carbonyl (C=O) groups excluding carboxylic acids is 1. The van der Waals surface area contributed by atoms with Gasteiger partial charge in [0.25, 0.3) is 0 Å². The lowest BCUT2D eigenvalue weighted by Gasteiger charge is -2.09. The van der Waals surface area contributed by atoms with Gasteiger partial charge in [-0.15, -0.1) is 0 Å². The van der Waals surface area contributed by atoms with Gasteiger partial charge >= 0.3 is 12.0 Å². The highest BCUT2D eigenvalue weighted by molar-refractivity contribution is 9.10. The minimum Gasteiger partial charge on any atom is -0.478 e. The number of anilines is 1. The Hall–Kier alpha value is -2.34. The van der Waals surface area contributed by atoms with Gasteiger partial charge in [-0.2, -0.15) is 0 Å². The van der Waals surface area contributed by atoms with E-state index in [-0.39, 0.29) is 11.6 Å². The van der Waals surface area contributed by atoms with E-state index in [2.05, 4.69) is 26.6 Å². The molecule has 0 saturated heterocycles. The van der Waals surface area contributed by atoms with Crippen molar-refractivity contribution in [3.8, 4) is 0 Å². The minimum absolute atomic E-state index is 0.219. The molecular weight excluding hydrogens is 336 g/mol. The van der Waals surface area contributed by atoms with Crippen molar-refractivity contribution < 1.29 is 14.7 Å². The Kier molecular flexibility index (Phi) is 4.94. The Balaban J connectivity index is 1.89. The van der Waals surface area contributed by atoms with Crippen LogP contribution < -0.4 is 10.6 Å². The third-order valence-corrected chi connectivity index (χ3v) is 3.47.